The van der Waals surface area contributed by atoms with Crippen LogP contribution in [0.2, 0.25) is 0 Å². The number of phosphoric ester groups is 1. The van der Waals surface area contributed by atoms with Crippen LogP contribution in [0.15, 0.2) is 48.6 Å². The number of allylic oxidation sites excluding steroid dienone is 8. The van der Waals surface area contributed by atoms with Crippen LogP contribution in [-0.2, 0) is 18.4 Å². The number of nitrogens with one attached hydrogen (secondary N) is 1. The minimum absolute atomic E-state index is 0.00283. The lowest BCUT2D eigenvalue weighted by Crippen LogP contribution is -2.46. The smallest absolute Gasteiger partial charge is 0.268 e. The highest BCUT2D eigenvalue weighted by Crippen LogP contribution is 2.38. The van der Waals surface area contributed by atoms with Crippen LogP contribution >= 0.6 is 7.82 Å². The summed E-state index contributed by atoms with van der Waals surface area (Å²) in [5, 5.41) is 14.0. The van der Waals surface area contributed by atoms with E-state index in [0.29, 0.717) is 30.3 Å². The van der Waals surface area contributed by atoms with E-state index in [9.17, 15) is 19.4 Å². The molecule has 8 nitrogen and oxygen atoms in total. The van der Waals surface area contributed by atoms with E-state index in [1.807, 2.05) is 21.1 Å². The first-order valence-corrected chi connectivity index (χ1v) is 31.4. The molecule has 0 aliphatic carbocycles. The van der Waals surface area contributed by atoms with Crippen molar-refractivity contribution in [3.05, 3.63) is 48.6 Å². The predicted molar refractivity (Wildman–Crippen MR) is 302 cm³/mol. The molecule has 0 aliphatic rings. The van der Waals surface area contributed by atoms with E-state index < -0.39 is 20.0 Å². The third-order valence-corrected chi connectivity index (χ3v) is 14.5. The third kappa shape index (κ3) is 54.2. The number of aliphatic hydroxyl groups excluding tert-OH is 1. The van der Waals surface area contributed by atoms with E-state index >= 15 is 0 Å². The molecular weight excluding hydrogens is 888 g/mol. The van der Waals surface area contributed by atoms with Crippen LogP contribution in [-0.4, -0.2) is 68.5 Å². The summed E-state index contributed by atoms with van der Waals surface area (Å²) in [6.45, 7) is 4.60. The van der Waals surface area contributed by atoms with Crippen LogP contribution in [0, 0.1) is 0 Å². The van der Waals surface area contributed by atoms with Gasteiger partial charge in [-0.25, -0.2) is 0 Å². The summed E-state index contributed by atoms with van der Waals surface area (Å²) in [4.78, 5) is 25.5. The summed E-state index contributed by atoms with van der Waals surface area (Å²) in [6, 6.07) is -0.825. The molecule has 0 radical (unpaired) electrons. The summed E-state index contributed by atoms with van der Waals surface area (Å²) in [5.41, 5.74) is 0. The Morgan fingerprint density at radius 2 is 0.871 bits per heavy atom. The molecule has 1 amide bonds. The molecule has 0 aliphatic heterocycles. The Balaban J connectivity index is 4.02. The first kappa shape index (κ1) is 68.5. The molecule has 412 valence electrons. The third-order valence-electron chi connectivity index (χ3n) is 13.6. The molecule has 0 heterocycles. The molecule has 0 saturated carbocycles. The fourth-order valence-corrected chi connectivity index (χ4v) is 9.64. The average molecular weight is 1010 g/mol. The summed E-state index contributed by atoms with van der Waals surface area (Å²) in [7, 11) is 1.28. The van der Waals surface area contributed by atoms with Crippen molar-refractivity contribution in [2.45, 2.75) is 296 Å². The molecule has 70 heavy (non-hydrogen) atoms. The number of carbonyl (C=O) groups is 1. The second kappa shape index (κ2) is 52.3. The number of quaternary nitrogens is 1. The van der Waals surface area contributed by atoms with Gasteiger partial charge in [-0.15, -0.1) is 0 Å². The average Bonchev–Trinajstić information content (AvgIpc) is 3.32. The lowest BCUT2D eigenvalue weighted by molar-refractivity contribution is -0.870. The second-order valence-corrected chi connectivity index (χ2v) is 23.1. The molecular formula is C61H117N2O6P. The number of hydrogen-bond acceptors (Lipinski definition) is 6. The Bertz CT molecular complexity index is 1280. The highest BCUT2D eigenvalue weighted by atomic mass is 31.2. The highest BCUT2D eigenvalue weighted by Gasteiger charge is 2.24. The maximum atomic E-state index is 12.9. The molecule has 0 fully saturated rings. The summed E-state index contributed by atoms with van der Waals surface area (Å²) in [5.74, 6) is -0.203. The second-order valence-electron chi connectivity index (χ2n) is 21.7. The van der Waals surface area contributed by atoms with Crippen molar-refractivity contribution in [3.63, 3.8) is 0 Å². The van der Waals surface area contributed by atoms with Crippen LogP contribution in [0.5, 0.6) is 0 Å². The van der Waals surface area contributed by atoms with E-state index in [1.54, 1.807) is 0 Å². The van der Waals surface area contributed by atoms with Crippen molar-refractivity contribution in [3.8, 4) is 0 Å². The van der Waals surface area contributed by atoms with E-state index in [4.69, 9.17) is 9.05 Å². The lowest BCUT2D eigenvalue weighted by atomic mass is 10.0. The molecule has 9 heteroatoms. The van der Waals surface area contributed by atoms with Gasteiger partial charge >= 0.3 is 0 Å². The Kier molecular flexibility index (Phi) is 51.2. The fraction of sp³-hybridized carbons (Fsp3) is 0.852. The van der Waals surface area contributed by atoms with Gasteiger partial charge in [0.1, 0.15) is 13.2 Å². The van der Waals surface area contributed by atoms with Gasteiger partial charge in [0.05, 0.1) is 39.9 Å². The van der Waals surface area contributed by atoms with E-state index in [-0.39, 0.29) is 19.1 Å². The molecule has 0 aromatic rings. The molecule has 0 bridgehead atoms. The molecule has 0 aromatic carbocycles. The van der Waals surface area contributed by atoms with Gasteiger partial charge in [-0.2, -0.15) is 0 Å². The van der Waals surface area contributed by atoms with Gasteiger partial charge in [-0.1, -0.05) is 274 Å². The number of carbonyl (C=O) groups excluding carboxylic acids is 1. The van der Waals surface area contributed by atoms with Crippen molar-refractivity contribution < 1.29 is 32.9 Å². The zero-order valence-corrected chi connectivity index (χ0v) is 47.9. The topological polar surface area (TPSA) is 108 Å². The Morgan fingerprint density at radius 3 is 1.24 bits per heavy atom. The maximum absolute atomic E-state index is 12.9. The van der Waals surface area contributed by atoms with Crippen molar-refractivity contribution in [1.82, 2.24) is 5.32 Å². The predicted octanol–water partition coefficient (Wildman–Crippen LogP) is 17.7. The number of amides is 1. The summed E-state index contributed by atoms with van der Waals surface area (Å²) >= 11 is 0. The molecule has 2 N–H and O–H groups in total. The Labute approximate surface area is 435 Å². The van der Waals surface area contributed by atoms with Crippen molar-refractivity contribution in [1.29, 1.82) is 0 Å². The van der Waals surface area contributed by atoms with E-state index in [0.717, 1.165) is 57.8 Å². The summed E-state index contributed by atoms with van der Waals surface area (Å²) < 4.78 is 23.4. The Hall–Kier alpha value is -1.54. The van der Waals surface area contributed by atoms with Crippen molar-refractivity contribution in [2.75, 3.05) is 40.9 Å². The fourth-order valence-electron chi connectivity index (χ4n) is 8.92. The van der Waals surface area contributed by atoms with Gasteiger partial charge in [-0.05, 0) is 51.4 Å². The zero-order valence-electron chi connectivity index (χ0n) is 47.0. The van der Waals surface area contributed by atoms with E-state index in [2.05, 4.69) is 67.8 Å². The maximum Gasteiger partial charge on any atom is 0.268 e. The van der Waals surface area contributed by atoms with E-state index in [1.165, 1.54) is 193 Å². The molecule has 0 rings (SSSR count). The number of aliphatic hydroxyl groups is 1. The number of rotatable bonds is 55. The number of unbranched alkanes of at least 4 members (excludes halogenated alkanes) is 34. The Morgan fingerprint density at radius 1 is 0.514 bits per heavy atom. The van der Waals surface area contributed by atoms with Gasteiger partial charge in [-0.3, -0.25) is 9.36 Å². The van der Waals surface area contributed by atoms with Crippen LogP contribution in [0.1, 0.15) is 284 Å². The standard InChI is InChI=1S/C61H117N2O6P/c1-6-8-10-12-14-16-18-20-22-23-24-25-26-27-28-29-30-31-32-33-34-35-36-37-38-39-41-42-44-46-48-50-52-54-60(64)59(58-69-70(66,67)68-57-56-63(3,4)5)62-61(65)55-53-51-49-47-45-43-40-21-19-17-15-13-11-9-7-2/h9,11,15,17,21,40,45,47,59-60,64H,6-8,10,12-14,16,18-20,22-39,41-44,46,48-58H2,1-5H3,(H-,62,65,66,67)/b11-9-,17-15-,40-21-,47-45-. The monoisotopic (exact) mass is 1000 g/mol. The number of nitrogens with zero attached hydrogens (tertiary/aromatic N) is 1. The number of hydrogen-bond donors (Lipinski definition) is 2. The minimum atomic E-state index is -4.59. The zero-order chi connectivity index (χ0) is 51.3. The van der Waals surface area contributed by atoms with Crippen LogP contribution in [0.3, 0.4) is 0 Å². The normalized spacial score (nSPS) is 14.2. The molecule has 3 unspecified atom stereocenters. The first-order valence-electron chi connectivity index (χ1n) is 30.0. The van der Waals surface area contributed by atoms with Crippen molar-refractivity contribution in [2.24, 2.45) is 0 Å². The molecule has 0 aromatic heterocycles. The molecule has 0 saturated heterocycles. The highest BCUT2D eigenvalue weighted by molar-refractivity contribution is 7.45. The van der Waals surface area contributed by atoms with Gasteiger partial charge < -0.3 is 28.8 Å². The largest absolute Gasteiger partial charge is 0.756 e. The lowest BCUT2D eigenvalue weighted by Gasteiger charge is -2.30. The van der Waals surface area contributed by atoms with Crippen LogP contribution < -0.4 is 10.2 Å². The summed E-state index contributed by atoms with van der Waals surface area (Å²) in [6.07, 6.45) is 69.0. The van der Waals surface area contributed by atoms with Crippen molar-refractivity contribution >= 4 is 13.7 Å². The first-order chi connectivity index (χ1) is 34.0. The van der Waals surface area contributed by atoms with Crippen LogP contribution in [0.25, 0.3) is 0 Å². The van der Waals surface area contributed by atoms with Gasteiger partial charge in [0.15, 0.2) is 0 Å². The van der Waals surface area contributed by atoms with Gasteiger partial charge in [0.25, 0.3) is 7.82 Å². The minimum Gasteiger partial charge on any atom is -0.756 e. The number of phosphoric acid groups is 1. The van der Waals surface area contributed by atoms with Crippen LogP contribution in [0.4, 0.5) is 0 Å². The van der Waals surface area contributed by atoms with Gasteiger partial charge in [0.2, 0.25) is 5.91 Å². The molecule has 0 spiro atoms. The quantitative estimate of drug-likeness (QED) is 0.0272. The number of likely N-dealkylation sites (N-methyl/N-ethyl adjacent to an activating group) is 1. The SMILES string of the molecule is CC/C=C\C/C=C\C/C=C\C/C=C\CCCCC(=O)NC(COP(=O)([O-])OCC[N+](C)(C)C)C(O)CCCCCCCCCCCCCCCCCCCCCCCCCCCCCCCCCCC. The molecule has 3 atom stereocenters. The van der Waals surface area contributed by atoms with Gasteiger partial charge in [0, 0.05) is 6.42 Å².